The van der Waals surface area contributed by atoms with E-state index < -0.39 is 0 Å². The first-order valence-electron chi connectivity index (χ1n) is 9.34. The quantitative estimate of drug-likeness (QED) is 0.412. The maximum atomic E-state index is 5.54. The average molecular weight is 408 g/mol. The number of ether oxygens (including phenoxy) is 1. The lowest BCUT2D eigenvalue weighted by molar-refractivity contribution is 0.416. The van der Waals surface area contributed by atoms with Crippen LogP contribution in [0.1, 0.15) is 19.2 Å². The second kappa shape index (κ2) is 8.87. The van der Waals surface area contributed by atoms with Gasteiger partial charge in [0.15, 0.2) is 16.8 Å². The molecule has 29 heavy (non-hydrogen) atoms. The highest BCUT2D eigenvalue weighted by Crippen LogP contribution is 2.33. The van der Waals surface area contributed by atoms with Crippen molar-refractivity contribution in [1.82, 2.24) is 35.0 Å². The predicted molar refractivity (Wildman–Crippen MR) is 111 cm³/mol. The van der Waals surface area contributed by atoms with Crippen LogP contribution in [0, 0.1) is 0 Å². The fourth-order valence-corrected chi connectivity index (χ4v) is 3.90. The van der Waals surface area contributed by atoms with E-state index in [9.17, 15) is 0 Å². The number of thioether (sulfide) groups is 1. The van der Waals surface area contributed by atoms with Gasteiger partial charge < -0.3 is 4.74 Å². The van der Waals surface area contributed by atoms with E-state index in [2.05, 4.69) is 32.6 Å². The van der Waals surface area contributed by atoms with Gasteiger partial charge in [-0.25, -0.2) is 4.68 Å². The van der Waals surface area contributed by atoms with Crippen molar-refractivity contribution in [3.8, 4) is 22.8 Å². The molecule has 4 rings (SSSR count). The molecule has 0 unspecified atom stereocenters. The summed E-state index contributed by atoms with van der Waals surface area (Å²) in [6.07, 6.45) is 0.973. The number of tetrazole rings is 1. The van der Waals surface area contributed by atoms with Gasteiger partial charge in [-0.2, -0.15) is 0 Å². The Balaban J connectivity index is 1.73. The van der Waals surface area contributed by atoms with Crippen LogP contribution in [0.2, 0.25) is 0 Å². The lowest BCUT2D eigenvalue weighted by Gasteiger charge is -2.12. The van der Waals surface area contributed by atoms with E-state index in [0.29, 0.717) is 5.75 Å². The third-order valence-corrected chi connectivity index (χ3v) is 5.29. The molecule has 4 aromatic rings. The number of nitrogens with zero attached hydrogens (tertiary/aromatic N) is 7. The van der Waals surface area contributed by atoms with Crippen molar-refractivity contribution in [3.05, 3.63) is 60.4 Å². The van der Waals surface area contributed by atoms with Crippen molar-refractivity contribution in [2.45, 2.75) is 30.8 Å². The Bertz CT molecular complexity index is 1080. The minimum absolute atomic E-state index is 0.601. The van der Waals surface area contributed by atoms with E-state index in [4.69, 9.17) is 4.74 Å². The molecule has 2 aromatic heterocycles. The maximum absolute atomic E-state index is 5.54. The molecule has 0 spiro atoms. The number of para-hydroxylation sites is 2. The van der Waals surface area contributed by atoms with Crippen LogP contribution in [0.4, 0.5) is 0 Å². The summed E-state index contributed by atoms with van der Waals surface area (Å²) in [5.74, 6) is 2.90. The molecule has 2 aromatic carbocycles. The van der Waals surface area contributed by atoms with Crippen molar-refractivity contribution in [1.29, 1.82) is 0 Å². The van der Waals surface area contributed by atoms with E-state index in [1.807, 2.05) is 63.8 Å². The Labute approximate surface area is 172 Å². The van der Waals surface area contributed by atoms with Gasteiger partial charge in [-0.1, -0.05) is 49.0 Å². The van der Waals surface area contributed by atoms with Gasteiger partial charge in [0.05, 0.1) is 18.4 Å². The number of aromatic nitrogens is 7. The van der Waals surface area contributed by atoms with Gasteiger partial charge in [-0.05, 0) is 41.1 Å². The van der Waals surface area contributed by atoms with Crippen LogP contribution in [0.25, 0.3) is 17.1 Å². The number of hydrogen-bond acceptors (Lipinski definition) is 7. The molecule has 0 saturated carbocycles. The van der Waals surface area contributed by atoms with Gasteiger partial charge >= 0.3 is 0 Å². The van der Waals surface area contributed by atoms with Crippen LogP contribution in [-0.2, 0) is 12.3 Å². The van der Waals surface area contributed by atoms with Gasteiger partial charge in [0, 0.05) is 12.2 Å². The zero-order valence-electron chi connectivity index (χ0n) is 16.3. The second-order valence-electron chi connectivity index (χ2n) is 6.28. The zero-order valence-corrected chi connectivity index (χ0v) is 17.1. The van der Waals surface area contributed by atoms with E-state index in [0.717, 1.165) is 46.8 Å². The molecule has 148 valence electrons. The van der Waals surface area contributed by atoms with Crippen LogP contribution in [0.15, 0.2) is 59.8 Å². The Kier molecular flexibility index (Phi) is 5.85. The second-order valence-corrected chi connectivity index (χ2v) is 7.23. The fraction of sp³-hybridized carbons (Fsp3) is 0.250. The lowest BCUT2D eigenvalue weighted by Crippen LogP contribution is -2.05. The van der Waals surface area contributed by atoms with Gasteiger partial charge in [-0.15, -0.1) is 15.3 Å². The highest BCUT2D eigenvalue weighted by molar-refractivity contribution is 7.98. The minimum Gasteiger partial charge on any atom is -0.496 e. The molecule has 0 amide bonds. The van der Waals surface area contributed by atoms with Crippen LogP contribution < -0.4 is 4.74 Å². The average Bonchev–Trinajstić information content (AvgIpc) is 3.39. The Morgan fingerprint density at radius 3 is 2.55 bits per heavy atom. The van der Waals surface area contributed by atoms with Gasteiger partial charge in [-0.3, -0.25) is 4.57 Å². The molecule has 0 saturated heterocycles. The first-order valence-corrected chi connectivity index (χ1v) is 10.3. The molecule has 0 aliphatic rings. The molecule has 0 fully saturated rings. The largest absolute Gasteiger partial charge is 0.496 e. The van der Waals surface area contributed by atoms with E-state index in [1.165, 1.54) is 0 Å². The van der Waals surface area contributed by atoms with Crippen molar-refractivity contribution in [2.75, 3.05) is 7.11 Å². The molecule has 0 aliphatic heterocycles. The maximum Gasteiger partial charge on any atom is 0.196 e. The summed E-state index contributed by atoms with van der Waals surface area (Å²) in [6, 6.07) is 17.9. The zero-order chi connectivity index (χ0) is 20.1. The molecule has 0 bridgehead atoms. The molecule has 8 nitrogen and oxygen atoms in total. The number of methoxy groups -OCH3 is 1. The minimum atomic E-state index is 0.601. The number of hydrogen-bond donors (Lipinski definition) is 0. The summed E-state index contributed by atoms with van der Waals surface area (Å²) < 4.78 is 9.41. The third kappa shape index (κ3) is 4.00. The van der Waals surface area contributed by atoms with Crippen molar-refractivity contribution in [3.63, 3.8) is 0 Å². The number of rotatable bonds is 8. The molecule has 9 heteroatoms. The SMILES string of the molecule is CCCn1nnnc1CSc1nnc(-c2ccccc2OC)n1-c1ccccc1. The van der Waals surface area contributed by atoms with Crippen LogP contribution >= 0.6 is 11.8 Å². The van der Waals surface area contributed by atoms with Crippen molar-refractivity contribution in [2.24, 2.45) is 0 Å². The summed E-state index contributed by atoms with van der Waals surface area (Å²) in [6.45, 7) is 2.89. The highest BCUT2D eigenvalue weighted by atomic mass is 32.2. The molecule has 0 N–H and O–H groups in total. The van der Waals surface area contributed by atoms with Gasteiger partial charge in [0.2, 0.25) is 0 Å². The normalized spacial score (nSPS) is 11.0. The van der Waals surface area contributed by atoms with Gasteiger partial charge in [0.1, 0.15) is 5.75 Å². The summed E-state index contributed by atoms with van der Waals surface area (Å²) in [4.78, 5) is 0. The standard InChI is InChI=1S/C20H21N7OS/c1-3-13-26-18(21-24-25-26)14-29-20-23-22-19(16-11-7-8-12-17(16)28-2)27(20)15-9-5-4-6-10-15/h4-12H,3,13-14H2,1-2H3. The topological polar surface area (TPSA) is 83.5 Å². The smallest absolute Gasteiger partial charge is 0.196 e. The molecular weight excluding hydrogens is 386 g/mol. The summed E-state index contributed by atoms with van der Waals surface area (Å²) in [5, 5.41) is 21.7. The summed E-state index contributed by atoms with van der Waals surface area (Å²) in [5.41, 5.74) is 1.86. The Morgan fingerprint density at radius 1 is 0.966 bits per heavy atom. The lowest BCUT2D eigenvalue weighted by atomic mass is 10.2. The third-order valence-electron chi connectivity index (χ3n) is 4.37. The first-order chi connectivity index (χ1) is 14.3. The van der Waals surface area contributed by atoms with Crippen LogP contribution in [0.3, 0.4) is 0 Å². The van der Waals surface area contributed by atoms with Gasteiger partial charge in [0.25, 0.3) is 0 Å². The summed E-state index contributed by atoms with van der Waals surface area (Å²) >= 11 is 1.55. The number of aryl methyl sites for hydroxylation is 1. The molecule has 0 radical (unpaired) electrons. The predicted octanol–water partition coefficient (Wildman–Crippen LogP) is 3.63. The Hall–Kier alpha value is -3.20. The van der Waals surface area contributed by atoms with Crippen molar-refractivity contribution >= 4 is 11.8 Å². The molecule has 2 heterocycles. The highest BCUT2D eigenvalue weighted by Gasteiger charge is 2.19. The molecule has 0 aliphatic carbocycles. The molecular formula is C20H21N7OS. The Morgan fingerprint density at radius 2 is 1.76 bits per heavy atom. The monoisotopic (exact) mass is 407 g/mol. The molecule has 0 atom stereocenters. The number of benzene rings is 2. The summed E-state index contributed by atoms with van der Waals surface area (Å²) in [7, 11) is 1.66. The van der Waals surface area contributed by atoms with Crippen LogP contribution in [0.5, 0.6) is 5.75 Å². The van der Waals surface area contributed by atoms with Crippen molar-refractivity contribution < 1.29 is 4.74 Å². The van der Waals surface area contributed by atoms with E-state index >= 15 is 0 Å². The first kappa shape index (κ1) is 19.1. The van der Waals surface area contributed by atoms with Crippen LogP contribution in [-0.4, -0.2) is 42.1 Å². The van der Waals surface area contributed by atoms with E-state index in [1.54, 1.807) is 18.9 Å². The van der Waals surface area contributed by atoms with E-state index in [-0.39, 0.29) is 0 Å². The fourth-order valence-electron chi connectivity index (χ4n) is 3.02.